The molecule has 1 aromatic carbocycles. The summed E-state index contributed by atoms with van der Waals surface area (Å²) in [4.78, 5) is 23.7. The molecule has 2 atom stereocenters. The zero-order chi connectivity index (χ0) is 25.4. The molecule has 35 heavy (non-hydrogen) atoms. The topological polar surface area (TPSA) is 52.6 Å². The first kappa shape index (κ1) is 28.1. The van der Waals surface area contributed by atoms with Gasteiger partial charge < -0.3 is 9.47 Å². The van der Waals surface area contributed by atoms with Crippen molar-refractivity contribution in [3.63, 3.8) is 0 Å². The minimum atomic E-state index is -1.51. The quantitative estimate of drug-likeness (QED) is 0.275. The summed E-state index contributed by atoms with van der Waals surface area (Å²) < 4.78 is 39.4. The Morgan fingerprint density at radius 3 is 1.71 bits per heavy atom. The van der Waals surface area contributed by atoms with Gasteiger partial charge in [0, 0.05) is 4.47 Å². The van der Waals surface area contributed by atoms with Crippen molar-refractivity contribution in [3.8, 4) is 0 Å². The second-order valence-electron chi connectivity index (χ2n) is 10.1. The normalized spacial score (nSPS) is 26.5. The molecular formula is C28H39BrF2O4. The lowest BCUT2D eigenvalue weighted by molar-refractivity contribution is -0.157. The summed E-state index contributed by atoms with van der Waals surface area (Å²) in [6.07, 6.45) is 4.97. The van der Waals surface area contributed by atoms with Crippen LogP contribution in [0.3, 0.4) is 0 Å². The zero-order valence-electron chi connectivity index (χ0n) is 20.9. The third kappa shape index (κ3) is 7.99. The van der Waals surface area contributed by atoms with Crippen LogP contribution in [-0.2, 0) is 19.1 Å². The van der Waals surface area contributed by atoms with Crippen LogP contribution in [0.5, 0.6) is 0 Å². The third-order valence-electron chi connectivity index (χ3n) is 7.45. The molecule has 2 aliphatic rings. The highest BCUT2D eigenvalue weighted by molar-refractivity contribution is 9.10. The summed E-state index contributed by atoms with van der Waals surface area (Å²) in [5, 5.41) is 0. The number of carbonyl (C=O) groups is 2. The van der Waals surface area contributed by atoms with Crippen molar-refractivity contribution >= 4 is 27.9 Å². The number of hydrogen-bond donors (Lipinski definition) is 0. The molecule has 0 heterocycles. The third-order valence-corrected chi connectivity index (χ3v) is 8.13. The van der Waals surface area contributed by atoms with Crippen LogP contribution >= 0.6 is 15.9 Å². The summed E-state index contributed by atoms with van der Waals surface area (Å²) in [5.74, 6) is -0.635. The first-order valence-corrected chi connectivity index (χ1v) is 14.1. The number of alkyl halides is 2. The molecule has 4 nitrogen and oxygen atoms in total. The number of hydrogen-bond acceptors (Lipinski definition) is 4. The predicted octanol–water partition coefficient (Wildman–Crippen LogP) is 7.86. The van der Waals surface area contributed by atoms with Crippen molar-refractivity contribution in [2.45, 2.75) is 127 Å². The van der Waals surface area contributed by atoms with E-state index in [-0.39, 0.29) is 25.0 Å². The lowest BCUT2D eigenvalue weighted by Crippen LogP contribution is -2.28. The van der Waals surface area contributed by atoms with Gasteiger partial charge in [-0.15, -0.1) is 0 Å². The van der Waals surface area contributed by atoms with Crippen LogP contribution in [0.1, 0.15) is 114 Å². The van der Waals surface area contributed by atoms with Gasteiger partial charge in [0.15, 0.2) is 12.3 Å². The van der Waals surface area contributed by atoms with Crippen LogP contribution in [0.15, 0.2) is 22.7 Å². The molecule has 0 saturated heterocycles. The molecule has 0 aliphatic heterocycles. The molecule has 7 heteroatoms. The SMILES string of the molecule is CCCC(F)C(=O)OC1CCC(c2ccc(C3CCC(OC(=O)C(F)CCC)CC3)c(Br)c2)CC1. The Morgan fingerprint density at radius 1 is 0.829 bits per heavy atom. The van der Waals surface area contributed by atoms with Crippen LogP contribution < -0.4 is 0 Å². The van der Waals surface area contributed by atoms with Gasteiger partial charge in [-0.1, -0.05) is 54.8 Å². The molecule has 2 saturated carbocycles. The van der Waals surface area contributed by atoms with E-state index in [4.69, 9.17) is 9.47 Å². The monoisotopic (exact) mass is 556 g/mol. The molecule has 2 fully saturated rings. The zero-order valence-corrected chi connectivity index (χ0v) is 22.5. The van der Waals surface area contributed by atoms with E-state index >= 15 is 0 Å². The van der Waals surface area contributed by atoms with E-state index < -0.39 is 24.3 Å². The fourth-order valence-corrected chi connectivity index (χ4v) is 6.07. The number of halogens is 3. The van der Waals surface area contributed by atoms with E-state index in [1.54, 1.807) is 0 Å². The smallest absolute Gasteiger partial charge is 0.340 e. The lowest BCUT2D eigenvalue weighted by Gasteiger charge is -2.31. The summed E-state index contributed by atoms with van der Waals surface area (Å²) in [6, 6.07) is 6.59. The molecular weight excluding hydrogens is 518 g/mol. The maximum absolute atomic E-state index is 13.8. The van der Waals surface area contributed by atoms with Crippen molar-refractivity contribution in [1.82, 2.24) is 0 Å². The molecule has 0 aromatic heterocycles. The summed E-state index contributed by atoms with van der Waals surface area (Å²) in [5.41, 5.74) is 2.53. The van der Waals surface area contributed by atoms with E-state index in [1.807, 2.05) is 13.8 Å². The van der Waals surface area contributed by atoms with E-state index in [0.29, 0.717) is 24.7 Å². The van der Waals surface area contributed by atoms with Crippen molar-refractivity contribution < 1.29 is 27.8 Å². The second-order valence-corrected chi connectivity index (χ2v) is 11.0. The van der Waals surface area contributed by atoms with Gasteiger partial charge in [0.25, 0.3) is 0 Å². The lowest BCUT2D eigenvalue weighted by atomic mass is 9.80. The van der Waals surface area contributed by atoms with Crippen LogP contribution in [0.4, 0.5) is 8.78 Å². The standard InChI is InChI=1S/C28H39BrF2O4/c1-3-5-25(30)27(32)34-21-12-7-18(8-13-21)20-11-16-23(24(29)17-20)19-9-14-22(15-10-19)35-28(33)26(31)6-4-2/h11,16-19,21-22,25-26H,3-10,12-15H2,1-2H3. The summed E-state index contributed by atoms with van der Waals surface area (Å²) in [7, 11) is 0. The van der Waals surface area contributed by atoms with Crippen molar-refractivity contribution in [1.29, 1.82) is 0 Å². The Labute approximate surface area is 216 Å². The van der Waals surface area contributed by atoms with Gasteiger partial charge in [-0.25, -0.2) is 18.4 Å². The Balaban J connectivity index is 1.47. The fourth-order valence-electron chi connectivity index (χ4n) is 5.35. The first-order valence-electron chi connectivity index (χ1n) is 13.3. The average Bonchev–Trinajstić information content (AvgIpc) is 2.85. The molecule has 1 aromatic rings. The Hall–Kier alpha value is -1.50. The predicted molar refractivity (Wildman–Crippen MR) is 136 cm³/mol. The van der Waals surface area contributed by atoms with Crippen molar-refractivity contribution in [2.75, 3.05) is 0 Å². The number of carbonyl (C=O) groups excluding carboxylic acids is 2. The Bertz CT molecular complexity index is 832. The van der Waals surface area contributed by atoms with Gasteiger partial charge in [-0.05, 0) is 93.2 Å². The second kappa shape index (κ2) is 13.7. The Morgan fingerprint density at radius 2 is 1.29 bits per heavy atom. The van der Waals surface area contributed by atoms with E-state index in [1.165, 1.54) is 11.1 Å². The first-order chi connectivity index (χ1) is 16.8. The molecule has 0 amide bonds. The molecule has 2 unspecified atom stereocenters. The number of ether oxygens (including phenoxy) is 2. The number of benzene rings is 1. The minimum absolute atomic E-state index is 0.185. The van der Waals surface area contributed by atoms with Gasteiger partial charge in [0.1, 0.15) is 12.2 Å². The Kier molecular flexibility index (Phi) is 11.0. The number of rotatable bonds is 10. The molecule has 0 radical (unpaired) electrons. The van der Waals surface area contributed by atoms with Crippen LogP contribution in [0, 0.1) is 0 Å². The minimum Gasteiger partial charge on any atom is -0.460 e. The van der Waals surface area contributed by atoms with Gasteiger partial charge in [0.05, 0.1) is 0 Å². The highest BCUT2D eigenvalue weighted by atomic mass is 79.9. The molecule has 0 spiro atoms. The molecule has 0 N–H and O–H groups in total. The van der Waals surface area contributed by atoms with E-state index in [0.717, 1.165) is 55.8 Å². The summed E-state index contributed by atoms with van der Waals surface area (Å²) >= 11 is 3.77. The van der Waals surface area contributed by atoms with Gasteiger partial charge >= 0.3 is 11.9 Å². The fraction of sp³-hybridized carbons (Fsp3) is 0.714. The molecule has 196 valence electrons. The van der Waals surface area contributed by atoms with E-state index in [2.05, 4.69) is 34.1 Å². The highest BCUT2D eigenvalue weighted by Crippen LogP contribution is 2.41. The van der Waals surface area contributed by atoms with Crippen molar-refractivity contribution in [3.05, 3.63) is 33.8 Å². The van der Waals surface area contributed by atoms with Gasteiger partial charge in [-0.3, -0.25) is 0 Å². The van der Waals surface area contributed by atoms with Gasteiger partial charge in [-0.2, -0.15) is 0 Å². The van der Waals surface area contributed by atoms with Crippen molar-refractivity contribution in [2.24, 2.45) is 0 Å². The highest BCUT2D eigenvalue weighted by Gasteiger charge is 2.30. The van der Waals surface area contributed by atoms with Crippen LogP contribution in [0.2, 0.25) is 0 Å². The van der Waals surface area contributed by atoms with Crippen LogP contribution in [0.25, 0.3) is 0 Å². The maximum Gasteiger partial charge on any atom is 0.340 e. The van der Waals surface area contributed by atoms with Gasteiger partial charge in [0.2, 0.25) is 0 Å². The van der Waals surface area contributed by atoms with Crippen LogP contribution in [-0.4, -0.2) is 36.5 Å². The molecule has 2 aliphatic carbocycles. The largest absolute Gasteiger partial charge is 0.460 e. The average molecular weight is 558 g/mol. The summed E-state index contributed by atoms with van der Waals surface area (Å²) in [6.45, 7) is 3.71. The molecule has 0 bridgehead atoms. The van der Waals surface area contributed by atoms with E-state index in [9.17, 15) is 18.4 Å². The molecule has 3 rings (SSSR count). The maximum atomic E-state index is 13.8. The number of esters is 2.